The van der Waals surface area contributed by atoms with Crippen LogP contribution in [0.25, 0.3) is 0 Å². The van der Waals surface area contributed by atoms with E-state index in [1.165, 1.54) is 11.1 Å². The molecule has 1 aromatic heterocycles. The minimum absolute atomic E-state index is 0.485. The van der Waals surface area contributed by atoms with E-state index in [1.807, 2.05) is 20.2 Å². The molecule has 18 heavy (non-hydrogen) atoms. The van der Waals surface area contributed by atoms with Crippen LogP contribution < -0.4 is 0 Å². The molecule has 0 aliphatic rings. The minimum atomic E-state index is -0.485. The van der Waals surface area contributed by atoms with Crippen molar-refractivity contribution in [3.05, 3.63) is 52.3 Å². The molecule has 0 bridgehead atoms. The Kier molecular flexibility index (Phi) is 3.53. The number of hydrogen-bond donors (Lipinski definition) is 1. The van der Waals surface area contributed by atoms with E-state index in [0.29, 0.717) is 6.42 Å². The quantitative estimate of drug-likeness (QED) is 0.901. The molecule has 0 spiro atoms. The highest BCUT2D eigenvalue weighted by Gasteiger charge is 2.14. The summed E-state index contributed by atoms with van der Waals surface area (Å²) in [6, 6.07) is 6.33. The van der Waals surface area contributed by atoms with E-state index in [1.54, 1.807) is 4.68 Å². The smallest absolute Gasteiger partial charge is 0.0863 e. The predicted octanol–water partition coefficient (Wildman–Crippen LogP) is 2.62. The van der Waals surface area contributed by atoms with Gasteiger partial charge in [0.2, 0.25) is 0 Å². The Balaban J connectivity index is 2.18. The van der Waals surface area contributed by atoms with Crippen molar-refractivity contribution in [1.82, 2.24) is 9.78 Å². The van der Waals surface area contributed by atoms with Gasteiger partial charge in [-0.1, -0.05) is 18.2 Å². The first-order valence-corrected chi connectivity index (χ1v) is 6.21. The summed E-state index contributed by atoms with van der Waals surface area (Å²) in [7, 11) is 1.87. The standard InChI is InChI=1S/C15H20N2O/c1-10-5-6-13(7-11(10)2)8-15(18)14-9-17(4)16-12(14)3/h5-7,9,15,18H,8H2,1-4H3. The molecule has 1 unspecified atom stereocenters. The number of aryl methyl sites for hydroxylation is 4. The van der Waals surface area contributed by atoms with E-state index in [0.717, 1.165) is 16.8 Å². The maximum atomic E-state index is 10.3. The predicted molar refractivity (Wildman–Crippen MR) is 72.5 cm³/mol. The molecule has 2 rings (SSSR count). The van der Waals surface area contributed by atoms with Crippen molar-refractivity contribution >= 4 is 0 Å². The monoisotopic (exact) mass is 244 g/mol. The van der Waals surface area contributed by atoms with Crippen molar-refractivity contribution in [2.75, 3.05) is 0 Å². The third-order valence-corrected chi connectivity index (χ3v) is 3.41. The summed E-state index contributed by atoms with van der Waals surface area (Å²) in [5.41, 5.74) is 5.52. The van der Waals surface area contributed by atoms with Gasteiger partial charge in [0.25, 0.3) is 0 Å². The summed E-state index contributed by atoms with van der Waals surface area (Å²) in [6.07, 6.45) is 2.04. The molecule has 96 valence electrons. The summed E-state index contributed by atoms with van der Waals surface area (Å²) < 4.78 is 1.74. The van der Waals surface area contributed by atoms with Crippen LogP contribution >= 0.6 is 0 Å². The first kappa shape index (κ1) is 12.8. The zero-order valence-corrected chi connectivity index (χ0v) is 11.4. The molecule has 0 aliphatic carbocycles. The normalized spacial score (nSPS) is 12.7. The van der Waals surface area contributed by atoms with Gasteiger partial charge < -0.3 is 5.11 Å². The summed E-state index contributed by atoms with van der Waals surface area (Å²) in [5, 5.41) is 14.5. The van der Waals surface area contributed by atoms with Gasteiger partial charge in [0, 0.05) is 25.2 Å². The fraction of sp³-hybridized carbons (Fsp3) is 0.400. The molecule has 1 N–H and O–H groups in total. The van der Waals surface area contributed by atoms with Gasteiger partial charge in [-0.05, 0) is 37.5 Å². The van der Waals surface area contributed by atoms with Crippen molar-refractivity contribution < 1.29 is 5.11 Å². The number of rotatable bonds is 3. The lowest BCUT2D eigenvalue weighted by atomic mass is 9.99. The van der Waals surface area contributed by atoms with Crippen molar-refractivity contribution in [2.45, 2.75) is 33.3 Å². The number of nitrogens with zero attached hydrogens (tertiary/aromatic N) is 2. The Morgan fingerprint density at radius 3 is 2.50 bits per heavy atom. The lowest BCUT2D eigenvalue weighted by Crippen LogP contribution is -2.03. The van der Waals surface area contributed by atoms with E-state index in [-0.39, 0.29) is 0 Å². The molecule has 1 aromatic carbocycles. The molecule has 0 saturated heterocycles. The molecular formula is C15H20N2O. The van der Waals surface area contributed by atoms with Crippen LogP contribution in [0.4, 0.5) is 0 Å². The maximum Gasteiger partial charge on any atom is 0.0863 e. The highest BCUT2D eigenvalue weighted by atomic mass is 16.3. The maximum absolute atomic E-state index is 10.3. The van der Waals surface area contributed by atoms with Crippen LogP contribution in [-0.4, -0.2) is 14.9 Å². The molecule has 2 aromatic rings. The second-order valence-corrected chi connectivity index (χ2v) is 4.98. The van der Waals surface area contributed by atoms with Crippen molar-refractivity contribution in [3.8, 4) is 0 Å². The number of hydrogen-bond acceptors (Lipinski definition) is 2. The van der Waals surface area contributed by atoms with Crippen LogP contribution in [0.15, 0.2) is 24.4 Å². The molecular weight excluding hydrogens is 224 g/mol. The Labute approximate surface area is 108 Å². The molecule has 3 nitrogen and oxygen atoms in total. The van der Waals surface area contributed by atoms with Crippen LogP contribution in [0.1, 0.15) is 34.1 Å². The molecule has 1 atom stereocenters. The van der Waals surface area contributed by atoms with Crippen LogP contribution in [-0.2, 0) is 13.5 Å². The van der Waals surface area contributed by atoms with Crippen LogP contribution in [0, 0.1) is 20.8 Å². The first-order chi connectivity index (χ1) is 8.47. The molecule has 0 amide bonds. The first-order valence-electron chi connectivity index (χ1n) is 6.21. The zero-order chi connectivity index (χ0) is 13.3. The van der Waals surface area contributed by atoms with Crippen LogP contribution in [0.5, 0.6) is 0 Å². The van der Waals surface area contributed by atoms with E-state index < -0.39 is 6.10 Å². The minimum Gasteiger partial charge on any atom is -0.388 e. The number of aromatic nitrogens is 2. The fourth-order valence-electron chi connectivity index (χ4n) is 2.21. The SMILES string of the molecule is Cc1ccc(CC(O)c2cn(C)nc2C)cc1C. The van der Waals surface area contributed by atoms with Crippen molar-refractivity contribution in [3.63, 3.8) is 0 Å². The molecule has 0 fully saturated rings. The summed E-state index contributed by atoms with van der Waals surface area (Å²) >= 11 is 0. The Morgan fingerprint density at radius 2 is 1.94 bits per heavy atom. The average Bonchev–Trinajstić information content (AvgIpc) is 2.63. The Hall–Kier alpha value is -1.61. The van der Waals surface area contributed by atoms with Crippen LogP contribution in [0.3, 0.4) is 0 Å². The second-order valence-electron chi connectivity index (χ2n) is 4.98. The molecule has 0 aliphatic heterocycles. The summed E-state index contributed by atoms with van der Waals surface area (Å²) in [5.74, 6) is 0. The van der Waals surface area contributed by atoms with E-state index in [2.05, 4.69) is 37.1 Å². The van der Waals surface area contributed by atoms with Crippen molar-refractivity contribution in [1.29, 1.82) is 0 Å². The average molecular weight is 244 g/mol. The third-order valence-electron chi connectivity index (χ3n) is 3.41. The topological polar surface area (TPSA) is 38.0 Å². The fourth-order valence-corrected chi connectivity index (χ4v) is 2.21. The number of benzene rings is 1. The lowest BCUT2D eigenvalue weighted by Gasteiger charge is -2.11. The van der Waals surface area contributed by atoms with Gasteiger partial charge in [-0.3, -0.25) is 4.68 Å². The van der Waals surface area contributed by atoms with Gasteiger partial charge in [-0.25, -0.2) is 0 Å². The lowest BCUT2D eigenvalue weighted by molar-refractivity contribution is 0.177. The third kappa shape index (κ3) is 2.62. The van der Waals surface area contributed by atoms with E-state index in [9.17, 15) is 5.11 Å². The van der Waals surface area contributed by atoms with Gasteiger partial charge in [0.15, 0.2) is 0 Å². The second kappa shape index (κ2) is 4.94. The Morgan fingerprint density at radius 1 is 1.22 bits per heavy atom. The van der Waals surface area contributed by atoms with Gasteiger partial charge in [0.1, 0.15) is 0 Å². The molecule has 0 radical (unpaired) electrons. The van der Waals surface area contributed by atoms with Gasteiger partial charge in [-0.15, -0.1) is 0 Å². The molecule has 3 heteroatoms. The largest absolute Gasteiger partial charge is 0.388 e. The van der Waals surface area contributed by atoms with Gasteiger partial charge in [0.05, 0.1) is 11.8 Å². The van der Waals surface area contributed by atoms with E-state index >= 15 is 0 Å². The van der Waals surface area contributed by atoms with Crippen molar-refractivity contribution in [2.24, 2.45) is 7.05 Å². The van der Waals surface area contributed by atoms with Gasteiger partial charge >= 0.3 is 0 Å². The number of aliphatic hydroxyl groups excluding tert-OH is 1. The molecule has 1 heterocycles. The Bertz CT molecular complexity index is 558. The van der Waals surface area contributed by atoms with Gasteiger partial charge in [-0.2, -0.15) is 5.10 Å². The highest BCUT2D eigenvalue weighted by Crippen LogP contribution is 2.21. The summed E-state index contributed by atoms with van der Waals surface area (Å²) in [4.78, 5) is 0. The molecule has 0 saturated carbocycles. The highest BCUT2D eigenvalue weighted by molar-refractivity contribution is 5.31. The zero-order valence-electron chi connectivity index (χ0n) is 11.4. The van der Waals surface area contributed by atoms with Crippen LogP contribution in [0.2, 0.25) is 0 Å². The van der Waals surface area contributed by atoms with E-state index in [4.69, 9.17) is 0 Å². The summed E-state index contributed by atoms with van der Waals surface area (Å²) in [6.45, 7) is 6.13. The number of aliphatic hydroxyl groups is 1.